The Morgan fingerprint density at radius 2 is 0.653 bits per heavy atom. The molecule has 0 unspecified atom stereocenters. The van der Waals surface area contributed by atoms with Crippen LogP contribution in [0.4, 0.5) is 0 Å². The summed E-state index contributed by atoms with van der Waals surface area (Å²) in [5.74, 6) is 1.93. The zero-order chi connectivity index (χ0) is 53.5. The van der Waals surface area contributed by atoms with Crippen molar-refractivity contribution < 1.29 is 4.42 Å². The first-order chi connectivity index (χ1) is 35.7. The third-order valence-electron chi connectivity index (χ3n) is 18.7. The summed E-state index contributed by atoms with van der Waals surface area (Å²) in [4.78, 5) is 16.8. The van der Waals surface area contributed by atoms with Gasteiger partial charge in [0.2, 0.25) is 0 Å². The SMILES string of the molecule is Bc1c(B)c(-c2nc(-c3ccc(-c4cccc(-c5ccccc5)c4)cc3)nc(-c3c(B)c(B)c4c(oc5c(B)c(B)c(B)c(B)c54)c3B)n2)c(B)c(-n2c3c(B)c(B)c(B)c(B)c3c3c(B)c(B)c(B)c(B)c32)c1B. The second-order valence-corrected chi connectivity index (χ2v) is 22.1. The van der Waals surface area contributed by atoms with Crippen LogP contribution in [0.15, 0.2) is 83.3 Å². The molecule has 11 aromatic rings. The molecular weight excluding hydrogens is 890 g/mol. The van der Waals surface area contributed by atoms with E-state index in [9.17, 15) is 0 Å². The van der Waals surface area contributed by atoms with Crippen LogP contribution in [0.1, 0.15) is 0 Å². The van der Waals surface area contributed by atoms with Crippen molar-refractivity contribution in [2.75, 3.05) is 0 Å². The quantitative estimate of drug-likeness (QED) is 0.156. The topological polar surface area (TPSA) is 56.7 Å². The molecule has 3 aromatic heterocycles. The van der Waals surface area contributed by atoms with E-state index >= 15 is 0 Å². The van der Waals surface area contributed by atoms with Gasteiger partial charge in [-0.05, 0) is 44.6 Å². The second kappa shape index (κ2) is 18.4. The van der Waals surface area contributed by atoms with Gasteiger partial charge in [-0.1, -0.05) is 155 Å². The van der Waals surface area contributed by atoms with Crippen molar-refractivity contribution in [3.63, 3.8) is 0 Å². The zero-order valence-electron chi connectivity index (χ0n) is 47.7. The van der Waals surface area contributed by atoms with Gasteiger partial charge < -0.3 is 8.98 Å². The smallest absolute Gasteiger partial charge is 0.164 e. The maximum absolute atomic E-state index is 7.04. The van der Waals surface area contributed by atoms with E-state index in [-0.39, 0.29) is 0 Å². The standard InChI is InChI=1S/C51H51B19N4O/c52-25-19-20-26(53)34(61)38(65)41(68)45(20)74(44(19)40(67)37(64)33(25)60)46-31(58)23(30(57)36(63)42(46)69)50-71-49(16-11-9-15(10-12-16)18-8-4-7-17(13-18)14-5-2-1-3-6-14)72-51(73-50)24-29(56)27(54)21-22-28(55)35(62)39(66)43(70)48(22)75-47(21)32(24)59/h1-13H,52-70H2. The summed E-state index contributed by atoms with van der Waals surface area (Å²) in [6, 6.07) is 28.1. The number of hydrogen-bond donors (Lipinski definition) is 0. The van der Waals surface area contributed by atoms with Gasteiger partial charge in [0.1, 0.15) is 160 Å². The molecule has 5 nitrogen and oxygen atoms in total. The Hall–Kier alpha value is -6.40. The second-order valence-electron chi connectivity index (χ2n) is 22.1. The summed E-state index contributed by atoms with van der Waals surface area (Å²) in [7, 11) is 43.1. The van der Waals surface area contributed by atoms with Gasteiger partial charge in [0, 0.05) is 44.2 Å². The number of rotatable bonds is 6. The highest BCUT2D eigenvalue weighted by Gasteiger charge is 2.29. The van der Waals surface area contributed by atoms with Crippen LogP contribution in [0.2, 0.25) is 0 Å². The van der Waals surface area contributed by atoms with E-state index in [2.05, 4.69) is 233 Å². The molecule has 0 aliphatic rings. The minimum atomic E-state index is 0.629. The lowest BCUT2D eigenvalue weighted by Gasteiger charge is -2.25. The molecule has 0 bridgehead atoms. The van der Waals surface area contributed by atoms with Crippen LogP contribution in [0.3, 0.4) is 0 Å². The van der Waals surface area contributed by atoms with E-state index < -0.39 is 0 Å². The van der Waals surface area contributed by atoms with Crippen molar-refractivity contribution in [3.8, 4) is 62.1 Å². The van der Waals surface area contributed by atoms with Crippen LogP contribution in [-0.4, -0.2) is 169 Å². The third-order valence-corrected chi connectivity index (χ3v) is 18.7. The van der Waals surface area contributed by atoms with Crippen molar-refractivity contribution in [2.45, 2.75) is 0 Å². The first kappa shape index (κ1) is 50.7. The average molecular weight is 941 g/mol. The minimum Gasteiger partial charge on any atom is -0.457 e. The fraction of sp³-hybridized carbons (Fsp3) is 0. The van der Waals surface area contributed by atoms with Crippen LogP contribution >= 0.6 is 0 Å². The van der Waals surface area contributed by atoms with E-state index in [1.165, 1.54) is 137 Å². The predicted octanol–water partition coefficient (Wildman–Crippen LogP) is -19.9. The normalized spacial score (nSPS) is 11.7. The van der Waals surface area contributed by atoms with E-state index in [4.69, 9.17) is 19.4 Å². The molecule has 0 spiro atoms. The van der Waals surface area contributed by atoms with Gasteiger partial charge in [-0.2, -0.15) is 0 Å². The molecular formula is C51H51B19N4O. The lowest BCUT2D eigenvalue weighted by molar-refractivity contribution is 0.675. The van der Waals surface area contributed by atoms with Gasteiger partial charge in [0.15, 0.2) is 17.5 Å². The maximum atomic E-state index is 7.04. The summed E-state index contributed by atoms with van der Waals surface area (Å²) >= 11 is 0. The van der Waals surface area contributed by atoms with Gasteiger partial charge in [-0.15, -0.1) is 16.4 Å². The number of fused-ring (bicyclic) bond motifs is 6. The lowest BCUT2D eigenvalue weighted by atomic mass is 9.63. The number of hydrogen-bond acceptors (Lipinski definition) is 4. The van der Waals surface area contributed by atoms with E-state index in [0.29, 0.717) is 17.5 Å². The molecule has 0 radical (unpaired) electrons. The lowest BCUT2D eigenvalue weighted by Crippen LogP contribution is -2.50. The number of furan rings is 1. The molecule has 0 aliphatic carbocycles. The molecule has 3 heterocycles. The molecule has 0 atom stereocenters. The molecule has 0 fully saturated rings. The monoisotopic (exact) mass is 945 g/mol. The van der Waals surface area contributed by atoms with Crippen LogP contribution in [0.5, 0.6) is 0 Å². The van der Waals surface area contributed by atoms with E-state index in [1.54, 1.807) is 0 Å². The number of benzene rings is 8. The number of nitrogens with zero attached hydrogens (tertiary/aromatic N) is 4. The molecule has 0 saturated carbocycles. The molecule has 0 N–H and O–H groups in total. The van der Waals surface area contributed by atoms with E-state index in [0.717, 1.165) is 55.4 Å². The summed E-state index contributed by atoms with van der Waals surface area (Å²) < 4.78 is 9.67. The largest absolute Gasteiger partial charge is 0.457 e. The third kappa shape index (κ3) is 7.45. The summed E-state index contributed by atoms with van der Waals surface area (Å²) in [6.07, 6.45) is 0. The molecule has 24 heteroatoms. The van der Waals surface area contributed by atoms with Gasteiger partial charge in [-0.3, -0.25) is 0 Å². The van der Waals surface area contributed by atoms with Crippen LogP contribution < -0.4 is 104 Å². The summed E-state index contributed by atoms with van der Waals surface area (Å²) in [5.41, 5.74) is 37.2. The molecule has 8 aromatic carbocycles. The molecule has 75 heavy (non-hydrogen) atoms. The Labute approximate surface area is 458 Å². The molecule has 0 aliphatic heterocycles. The van der Waals surface area contributed by atoms with Gasteiger partial charge in [0.05, 0.1) is 0 Å². The highest BCUT2D eigenvalue weighted by Crippen LogP contribution is 2.32. The fourth-order valence-corrected chi connectivity index (χ4v) is 12.8. The summed E-state index contributed by atoms with van der Waals surface area (Å²) in [6.45, 7) is 0. The maximum Gasteiger partial charge on any atom is 0.164 e. The Kier molecular flexibility index (Phi) is 12.5. The highest BCUT2D eigenvalue weighted by atomic mass is 16.3. The first-order valence-electron chi connectivity index (χ1n) is 26.7. The molecule has 338 valence electrons. The van der Waals surface area contributed by atoms with Crippen LogP contribution in [0, 0.1) is 0 Å². The molecule has 0 amide bonds. The highest BCUT2D eigenvalue weighted by molar-refractivity contribution is 6.73. The summed E-state index contributed by atoms with van der Waals surface area (Å²) in [5, 5.41) is 5.09. The molecule has 0 saturated heterocycles. The first-order valence-corrected chi connectivity index (χ1v) is 26.7. The van der Waals surface area contributed by atoms with Gasteiger partial charge in [0.25, 0.3) is 0 Å². The van der Waals surface area contributed by atoms with Crippen LogP contribution in [-0.2, 0) is 0 Å². The van der Waals surface area contributed by atoms with Gasteiger partial charge in [-0.25, -0.2) is 15.0 Å². The Morgan fingerprint density at radius 3 is 1.19 bits per heavy atom. The van der Waals surface area contributed by atoms with Crippen molar-refractivity contribution in [1.29, 1.82) is 0 Å². The minimum absolute atomic E-state index is 0.629. The van der Waals surface area contributed by atoms with Gasteiger partial charge >= 0.3 is 0 Å². The Balaban J connectivity index is 1.21. The predicted molar refractivity (Wildman–Crippen MR) is 384 cm³/mol. The molecule has 11 rings (SSSR count). The fourth-order valence-electron chi connectivity index (χ4n) is 12.8. The Morgan fingerprint density at radius 1 is 0.280 bits per heavy atom. The van der Waals surface area contributed by atoms with Crippen molar-refractivity contribution in [3.05, 3.63) is 78.9 Å². The van der Waals surface area contributed by atoms with Crippen molar-refractivity contribution in [2.24, 2.45) is 0 Å². The van der Waals surface area contributed by atoms with E-state index in [1.807, 2.05) is 0 Å². The average Bonchev–Trinajstić information content (AvgIpc) is 4.00. The van der Waals surface area contributed by atoms with Crippen LogP contribution in [0.25, 0.3) is 106 Å². The Bertz CT molecular complexity index is 4270. The van der Waals surface area contributed by atoms with Crippen molar-refractivity contribution >= 4 is 297 Å². The number of aromatic nitrogens is 4. The van der Waals surface area contributed by atoms with Crippen molar-refractivity contribution in [1.82, 2.24) is 19.5 Å². The zero-order valence-corrected chi connectivity index (χ0v) is 47.7.